The standard InChI is InChI=1S/C14H26N2O/c1-10-8-12(6-7-13(10)15)14(17)16-9-11-4-2-3-5-11/h10-13H,2-9,15H2,1H3,(H,16,17). The molecule has 0 bridgehead atoms. The van der Waals surface area contributed by atoms with E-state index >= 15 is 0 Å². The maximum atomic E-state index is 12.1. The molecular weight excluding hydrogens is 212 g/mol. The molecule has 3 atom stereocenters. The predicted octanol–water partition coefficient (Wildman–Crippen LogP) is 2.06. The molecule has 2 fully saturated rings. The minimum Gasteiger partial charge on any atom is -0.356 e. The Morgan fingerprint density at radius 3 is 2.59 bits per heavy atom. The molecule has 2 saturated carbocycles. The first-order chi connectivity index (χ1) is 8.16. The van der Waals surface area contributed by atoms with Gasteiger partial charge in [0.15, 0.2) is 0 Å². The molecule has 0 radical (unpaired) electrons. The molecule has 0 spiro atoms. The van der Waals surface area contributed by atoms with Gasteiger partial charge in [0, 0.05) is 18.5 Å². The van der Waals surface area contributed by atoms with Gasteiger partial charge in [0.05, 0.1) is 0 Å². The van der Waals surface area contributed by atoms with Gasteiger partial charge in [-0.15, -0.1) is 0 Å². The SMILES string of the molecule is CC1CC(C(=O)NCC2CCCC2)CCC1N. The van der Waals surface area contributed by atoms with E-state index in [-0.39, 0.29) is 11.8 Å². The van der Waals surface area contributed by atoms with Crippen LogP contribution in [0.1, 0.15) is 51.9 Å². The van der Waals surface area contributed by atoms with Crippen molar-refractivity contribution in [3.05, 3.63) is 0 Å². The lowest BCUT2D eigenvalue weighted by molar-refractivity contribution is -0.126. The summed E-state index contributed by atoms with van der Waals surface area (Å²) in [7, 11) is 0. The van der Waals surface area contributed by atoms with Crippen molar-refractivity contribution in [1.82, 2.24) is 5.32 Å². The van der Waals surface area contributed by atoms with Crippen LogP contribution >= 0.6 is 0 Å². The Morgan fingerprint density at radius 2 is 1.94 bits per heavy atom. The number of rotatable bonds is 3. The largest absolute Gasteiger partial charge is 0.356 e. The molecule has 0 heterocycles. The van der Waals surface area contributed by atoms with Gasteiger partial charge in [0.25, 0.3) is 0 Å². The topological polar surface area (TPSA) is 55.1 Å². The summed E-state index contributed by atoms with van der Waals surface area (Å²) in [6.07, 6.45) is 8.23. The molecule has 2 rings (SSSR count). The molecule has 3 unspecified atom stereocenters. The zero-order chi connectivity index (χ0) is 12.3. The molecule has 3 nitrogen and oxygen atoms in total. The van der Waals surface area contributed by atoms with Gasteiger partial charge in [-0.2, -0.15) is 0 Å². The molecular formula is C14H26N2O. The van der Waals surface area contributed by atoms with Crippen LogP contribution in [0.25, 0.3) is 0 Å². The number of amides is 1. The monoisotopic (exact) mass is 238 g/mol. The number of hydrogen-bond donors (Lipinski definition) is 2. The van der Waals surface area contributed by atoms with E-state index in [1.54, 1.807) is 0 Å². The number of hydrogen-bond acceptors (Lipinski definition) is 2. The first-order valence-corrected chi connectivity index (χ1v) is 7.20. The molecule has 1 amide bonds. The minimum atomic E-state index is 0.214. The molecule has 17 heavy (non-hydrogen) atoms. The van der Waals surface area contributed by atoms with Crippen LogP contribution in [0.4, 0.5) is 0 Å². The van der Waals surface area contributed by atoms with E-state index in [1.807, 2.05) is 0 Å². The molecule has 0 saturated heterocycles. The van der Waals surface area contributed by atoms with Crippen LogP contribution in [0.5, 0.6) is 0 Å². The highest BCUT2D eigenvalue weighted by atomic mass is 16.1. The first kappa shape index (κ1) is 12.9. The molecule has 2 aliphatic carbocycles. The van der Waals surface area contributed by atoms with E-state index in [0.717, 1.165) is 31.7 Å². The van der Waals surface area contributed by atoms with Gasteiger partial charge in [-0.3, -0.25) is 4.79 Å². The highest BCUT2D eigenvalue weighted by Crippen LogP contribution is 2.28. The van der Waals surface area contributed by atoms with Crippen LogP contribution in [0, 0.1) is 17.8 Å². The lowest BCUT2D eigenvalue weighted by Crippen LogP contribution is -2.41. The summed E-state index contributed by atoms with van der Waals surface area (Å²) >= 11 is 0. The summed E-state index contributed by atoms with van der Waals surface area (Å²) in [6.45, 7) is 3.07. The Kier molecular flexibility index (Phi) is 4.43. The van der Waals surface area contributed by atoms with Crippen molar-refractivity contribution < 1.29 is 4.79 Å². The van der Waals surface area contributed by atoms with Gasteiger partial charge in [0.2, 0.25) is 5.91 Å². The van der Waals surface area contributed by atoms with Crippen LogP contribution in [0.15, 0.2) is 0 Å². The average molecular weight is 238 g/mol. The van der Waals surface area contributed by atoms with E-state index in [9.17, 15) is 4.79 Å². The van der Waals surface area contributed by atoms with Gasteiger partial charge in [-0.1, -0.05) is 19.8 Å². The highest BCUT2D eigenvalue weighted by Gasteiger charge is 2.29. The molecule has 98 valence electrons. The fourth-order valence-corrected chi connectivity index (χ4v) is 3.26. The smallest absolute Gasteiger partial charge is 0.223 e. The molecule has 0 aromatic rings. The van der Waals surface area contributed by atoms with E-state index < -0.39 is 0 Å². The van der Waals surface area contributed by atoms with Crippen LogP contribution in [0.3, 0.4) is 0 Å². The average Bonchev–Trinajstić information content (AvgIpc) is 2.82. The van der Waals surface area contributed by atoms with Crippen LogP contribution in [-0.4, -0.2) is 18.5 Å². The van der Waals surface area contributed by atoms with Crippen molar-refractivity contribution in [1.29, 1.82) is 0 Å². The van der Waals surface area contributed by atoms with Gasteiger partial charge in [-0.25, -0.2) is 0 Å². The Hall–Kier alpha value is -0.570. The Bertz CT molecular complexity index is 261. The van der Waals surface area contributed by atoms with Crippen molar-refractivity contribution in [2.75, 3.05) is 6.54 Å². The lowest BCUT2D eigenvalue weighted by Gasteiger charge is -2.31. The number of nitrogens with one attached hydrogen (secondary N) is 1. The summed E-state index contributed by atoms with van der Waals surface area (Å²) < 4.78 is 0. The third-order valence-electron chi connectivity index (χ3n) is 4.65. The third-order valence-corrected chi connectivity index (χ3v) is 4.65. The minimum absolute atomic E-state index is 0.214. The van der Waals surface area contributed by atoms with Crippen molar-refractivity contribution in [3.63, 3.8) is 0 Å². The highest BCUT2D eigenvalue weighted by molar-refractivity contribution is 5.78. The van der Waals surface area contributed by atoms with Crippen molar-refractivity contribution >= 4 is 5.91 Å². The van der Waals surface area contributed by atoms with Crippen LogP contribution < -0.4 is 11.1 Å². The van der Waals surface area contributed by atoms with E-state index in [1.165, 1.54) is 25.7 Å². The quantitative estimate of drug-likeness (QED) is 0.790. The zero-order valence-corrected chi connectivity index (χ0v) is 11.0. The lowest BCUT2D eigenvalue weighted by atomic mass is 9.79. The van der Waals surface area contributed by atoms with E-state index in [4.69, 9.17) is 5.73 Å². The summed E-state index contributed by atoms with van der Waals surface area (Å²) in [5.41, 5.74) is 5.98. The molecule has 2 aliphatic rings. The first-order valence-electron chi connectivity index (χ1n) is 7.20. The summed E-state index contributed by atoms with van der Waals surface area (Å²) in [5.74, 6) is 1.72. The van der Waals surface area contributed by atoms with E-state index in [0.29, 0.717) is 12.0 Å². The van der Waals surface area contributed by atoms with Crippen molar-refractivity contribution in [2.45, 2.75) is 57.9 Å². The molecule has 3 heteroatoms. The van der Waals surface area contributed by atoms with Gasteiger partial charge < -0.3 is 11.1 Å². The Morgan fingerprint density at radius 1 is 1.24 bits per heavy atom. The Balaban J connectivity index is 1.72. The van der Waals surface area contributed by atoms with E-state index in [2.05, 4.69) is 12.2 Å². The molecule has 3 N–H and O–H groups in total. The van der Waals surface area contributed by atoms with Crippen LogP contribution in [0.2, 0.25) is 0 Å². The second-order valence-corrected chi connectivity index (χ2v) is 6.05. The maximum Gasteiger partial charge on any atom is 0.223 e. The fourth-order valence-electron chi connectivity index (χ4n) is 3.26. The number of nitrogens with two attached hydrogens (primary N) is 1. The normalized spacial score (nSPS) is 34.8. The van der Waals surface area contributed by atoms with Crippen molar-refractivity contribution in [2.24, 2.45) is 23.5 Å². The second-order valence-electron chi connectivity index (χ2n) is 6.05. The Labute approximate surface area is 105 Å². The van der Waals surface area contributed by atoms with Crippen LogP contribution in [-0.2, 0) is 4.79 Å². The maximum absolute atomic E-state index is 12.1. The number of carbonyl (C=O) groups is 1. The van der Waals surface area contributed by atoms with Crippen molar-refractivity contribution in [3.8, 4) is 0 Å². The second kappa shape index (κ2) is 5.85. The fraction of sp³-hybridized carbons (Fsp3) is 0.929. The molecule has 0 aliphatic heterocycles. The number of carbonyl (C=O) groups excluding carboxylic acids is 1. The molecule has 0 aromatic carbocycles. The predicted molar refractivity (Wildman–Crippen MR) is 69.4 cm³/mol. The summed E-state index contributed by atoms with van der Waals surface area (Å²) in [5, 5.41) is 3.15. The van der Waals surface area contributed by atoms with Gasteiger partial charge in [0.1, 0.15) is 0 Å². The summed E-state index contributed by atoms with van der Waals surface area (Å²) in [4.78, 5) is 12.1. The van der Waals surface area contributed by atoms with Gasteiger partial charge >= 0.3 is 0 Å². The van der Waals surface area contributed by atoms with Gasteiger partial charge in [-0.05, 0) is 43.9 Å². The summed E-state index contributed by atoms with van der Waals surface area (Å²) in [6, 6.07) is 0.300. The molecule has 0 aromatic heterocycles. The third kappa shape index (κ3) is 3.44. The zero-order valence-electron chi connectivity index (χ0n) is 11.0.